The van der Waals surface area contributed by atoms with Crippen molar-refractivity contribution in [1.29, 1.82) is 0 Å². The van der Waals surface area contributed by atoms with Crippen LogP contribution in [0.4, 0.5) is 5.69 Å². The summed E-state index contributed by atoms with van der Waals surface area (Å²) in [7, 11) is 0. The molecule has 2 N–H and O–H groups in total. The van der Waals surface area contributed by atoms with Crippen molar-refractivity contribution >= 4 is 11.6 Å². The van der Waals surface area contributed by atoms with Gasteiger partial charge in [-0.05, 0) is 24.0 Å². The van der Waals surface area contributed by atoms with Crippen molar-refractivity contribution in [3.8, 4) is 0 Å². The number of rotatable bonds is 6. The molecular weight excluding hydrogens is 226 g/mol. The minimum Gasteiger partial charge on any atom is -0.384 e. The van der Waals surface area contributed by atoms with E-state index in [1.807, 2.05) is 6.07 Å². The van der Waals surface area contributed by atoms with Crippen molar-refractivity contribution in [2.75, 3.05) is 18.4 Å². The average Bonchev–Trinajstić information content (AvgIpc) is 2.34. The Bertz CT molecular complexity index is 371. The highest BCUT2D eigenvalue weighted by Crippen LogP contribution is 2.07. The third kappa shape index (κ3) is 5.17. The van der Waals surface area contributed by atoms with E-state index in [9.17, 15) is 4.79 Å². The Kier molecular flexibility index (Phi) is 5.62. The van der Waals surface area contributed by atoms with Gasteiger partial charge in [0.2, 0.25) is 0 Å². The summed E-state index contributed by atoms with van der Waals surface area (Å²) in [6.07, 6.45) is 1.70. The van der Waals surface area contributed by atoms with Crippen LogP contribution in [0, 0.1) is 11.8 Å². The van der Waals surface area contributed by atoms with Gasteiger partial charge in [0.25, 0.3) is 5.91 Å². The van der Waals surface area contributed by atoms with Crippen molar-refractivity contribution < 1.29 is 4.79 Å². The maximum atomic E-state index is 11.7. The molecule has 0 aliphatic rings. The van der Waals surface area contributed by atoms with Gasteiger partial charge in [-0.15, -0.1) is 0 Å². The largest absolute Gasteiger partial charge is 0.384 e. The first-order valence-corrected chi connectivity index (χ1v) is 6.47. The molecule has 0 radical (unpaired) electrons. The number of nitrogens with one attached hydrogen (secondary N) is 2. The molecule has 1 aromatic heterocycles. The SMILES string of the molecule is CC(C)CNC(=O)c1ccc(NCC(C)C)cn1. The maximum Gasteiger partial charge on any atom is 0.269 e. The molecule has 18 heavy (non-hydrogen) atoms. The Morgan fingerprint density at radius 1 is 1.17 bits per heavy atom. The Morgan fingerprint density at radius 2 is 1.83 bits per heavy atom. The first-order valence-electron chi connectivity index (χ1n) is 6.47. The molecule has 0 atom stereocenters. The molecule has 1 rings (SSSR count). The molecule has 1 aromatic rings. The van der Waals surface area contributed by atoms with E-state index in [4.69, 9.17) is 0 Å². The van der Waals surface area contributed by atoms with E-state index in [0.717, 1.165) is 12.2 Å². The number of nitrogens with zero attached hydrogens (tertiary/aromatic N) is 1. The summed E-state index contributed by atoms with van der Waals surface area (Å²) in [5, 5.41) is 6.11. The van der Waals surface area contributed by atoms with Crippen molar-refractivity contribution in [2.24, 2.45) is 11.8 Å². The summed E-state index contributed by atoms with van der Waals surface area (Å²) in [6.45, 7) is 10.00. The van der Waals surface area contributed by atoms with Gasteiger partial charge >= 0.3 is 0 Å². The quantitative estimate of drug-likeness (QED) is 0.814. The fraction of sp³-hybridized carbons (Fsp3) is 0.571. The topological polar surface area (TPSA) is 54.0 Å². The van der Waals surface area contributed by atoms with Crippen LogP contribution in [0.2, 0.25) is 0 Å². The van der Waals surface area contributed by atoms with Gasteiger partial charge in [-0.25, -0.2) is 4.98 Å². The van der Waals surface area contributed by atoms with Crippen LogP contribution in [0.25, 0.3) is 0 Å². The lowest BCUT2D eigenvalue weighted by Crippen LogP contribution is -2.28. The van der Waals surface area contributed by atoms with Crippen LogP contribution in [0.1, 0.15) is 38.2 Å². The number of hydrogen-bond acceptors (Lipinski definition) is 3. The predicted molar refractivity (Wildman–Crippen MR) is 74.7 cm³/mol. The second-order valence-corrected chi connectivity index (χ2v) is 5.31. The summed E-state index contributed by atoms with van der Waals surface area (Å²) >= 11 is 0. The van der Waals surface area contributed by atoms with Crippen LogP contribution in [0.3, 0.4) is 0 Å². The maximum absolute atomic E-state index is 11.7. The molecule has 0 bridgehead atoms. The summed E-state index contributed by atoms with van der Waals surface area (Å²) in [5.41, 5.74) is 1.41. The average molecular weight is 249 g/mol. The second kappa shape index (κ2) is 6.99. The molecule has 0 aliphatic carbocycles. The minimum absolute atomic E-state index is 0.112. The molecule has 1 amide bonds. The lowest BCUT2D eigenvalue weighted by molar-refractivity contribution is 0.0944. The van der Waals surface area contributed by atoms with Crippen LogP contribution in [-0.4, -0.2) is 24.0 Å². The Hall–Kier alpha value is -1.58. The molecule has 4 nitrogen and oxygen atoms in total. The van der Waals surface area contributed by atoms with Gasteiger partial charge in [0.15, 0.2) is 0 Å². The number of anilines is 1. The van der Waals surface area contributed by atoms with Gasteiger partial charge < -0.3 is 10.6 Å². The van der Waals surface area contributed by atoms with E-state index in [2.05, 4.69) is 43.3 Å². The molecule has 0 aliphatic heterocycles. The van der Waals surface area contributed by atoms with Crippen LogP contribution in [-0.2, 0) is 0 Å². The molecule has 0 aromatic carbocycles. The van der Waals surface area contributed by atoms with Crippen molar-refractivity contribution in [3.63, 3.8) is 0 Å². The van der Waals surface area contributed by atoms with Crippen molar-refractivity contribution in [2.45, 2.75) is 27.7 Å². The zero-order valence-electron chi connectivity index (χ0n) is 11.7. The van der Waals surface area contributed by atoms with E-state index in [1.165, 1.54) is 0 Å². The number of hydrogen-bond donors (Lipinski definition) is 2. The minimum atomic E-state index is -0.112. The van der Waals surface area contributed by atoms with E-state index in [0.29, 0.717) is 24.1 Å². The van der Waals surface area contributed by atoms with Gasteiger partial charge in [-0.3, -0.25) is 4.79 Å². The van der Waals surface area contributed by atoms with E-state index >= 15 is 0 Å². The molecule has 100 valence electrons. The third-order valence-electron chi connectivity index (χ3n) is 2.38. The van der Waals surface area contributed by atoms with Crippen LogP contribution < -0.4 is 10.6 Å². The predicted octanol–water partition coefficient (Wildman–Crippen LogP) is 2.54. The fourth-order valence-electron chi connectivity index (χ4n) is 1.34. The van der Waals surface area contributed by atoms with E-state index < -0.39 is 0 Å². The molecule has 4 heteroatoms. The Morgan fingerprint density at radius 3 is 2.33 bits per heavy atom. The number of pyridine rings is 1. The monoisotopic (exact) mass is 249 g/mol. The second-order valence-electron chi connectivity index (χ2n) is 5.31. The number of carbonyl (C=O) groups excluding carboxylic acids is 1. The molecular formula is C14H23N3O. The lowest BCUT2D eigenvalue weighted by Gasteiger charge is -2.10. The summed E-state index contributed by atoms with van der Waals surface area (Å²) < 4.78 is 0. The highest BCUT2D eigenvalue weighted by atomic mass is 16.1. The Balaban J connectivity index is 2.51. The zero-order chi connectivity index (χ0) is 13.5. The lowest BCUT2D eigenvalue weighted by atomic mass is 10.2. The molecule has 0 saturated carbocycles. The highest BCUT2D eigenvalue weighted by Gasteiger charge is 2.07. The van der Waals surface area contributed by atoms with E-state index in [1.54, 1.807) is 12.3 Å². The zero-order valence-corrected chi connectivity index (χ0v) is 11.7. The van der Waals surface area contributed by atoms with Gasteiger partial charge in [-0.2, -0.15) is 0 Å². The van der Waals surface area contributed by atoms with Crippen LogP contribution >= 0.6 is 0 Å². The molecule has 0 fully saturated rings. The van der Waals surface area contributed by atoms with Crippen molar-refractivity contribution in [3.05, 3.63) is 24.0 Å². The first kappa shape index (κ1) is 14.5. The smallest absolute Gasteiger partial charge is 0.269 e. The molecule has 0 spiro atoms. The van der Waals surface area contributed by atoms with Crippen molar-refractivity contribution in [1.82, 2.24) is 10.3 Å². The number of aromatic nitrogens is 1. The summed E-state index contributed by atoms with van der Waals surface area (Å²) in [5.74, 6) is 0.916. The van der Waals surface area contributed by atoms with Crippen LogP contribution in [0.15, 0.2) is 18.3 Å². The third-order valence-corrected chi connectivity index (χ3v) is 2.38. The van der Waals surface area contributed by atoms with Gasteiger partial charge in [0, 0.05) is 13.1 Å². The summed E-state index contributed by atoms with van der Waals surface area (Å²) in [6, 6.07) is 3.64. The number of amides is 1. The number of carbonyl (C=O) groups is 1. The van der Waals surface area contributed by atoms with E-state index in [-0.39, 0.29) is 5.91 Å². The molecule has 1 heterocycles. The standard InChI is InChI=1S/C14H23N3O/c1-10(2)7-15-12-5-6-13(16-9-12)14(18)17-8-11(3)4/h5-6,9-11,15H,7-8H2,1-4H3,(H,17,18). The molecule has 0 unspecified atom stereocenters. The molecule has 0 saturated heterocycles. The normalized spacial score (nSPS) is 10.8. The van der Waals surface area contributed by atoms with Gasteiger partial charge in [0.1, 0.15) is 5.69 Å². The van der Waals surface area contributed by atoms with Crippen LogP contribution in [0.5, 0.6) is 0 Å². The van der Waals surface area contributed by atoms with Gasteiger partial charge in [0.05, 0.1) is 11.9 Å². The Labute approximate surface area is 109 Å². The highest BCUT2D eigenvalue weighted by molar-refractivity contribution is 5.92. The first-order chi connectivity index (χ1) is 8.49. The van der Waals surface area contributed by atoms with Gasteiger partial charge in [-0.1, -0.05) is 27.7 Å². The fourth-order valence-corrected chi connectivity index (χ4v) is 1.34. The summed E-state index contributed by atoms with van der Waals surface area (Å²) in [4.78, 5) is 15.9.